The molecule has 1 N–H and O–H groups in total. The van der Waals surface area contributed by atoms with Crippen LogP contribution < -0.4 is 5.32 Å². The molecule has 5 nitrogen and oxygen atoms in total. The van der Waals surface area contributed by atoms with Gasteiger partial charge in [0, 0.05) is 30.0 Å². The number of carbonyl (C=O) groups is 2. The van der Waals surface area contributed by atoms with Crippen LogP contribution in [-0.4, -0.2) is 35.8 Å². The van der Waals surface area contributed by atoms with E-state index in [2.05, 4.69) is 21.2 Å². The van der Waals surface area contributed by atoms with Gasteiger partial charge in [-0.1, -0.05) is 22.0 Å². The SMILES string of the molecule is O=C(CCc1ccc(Br)cc1F)NC1CCN(C(=O)c2ccco2)CC1. The second-order valence-electron chi connectivity index (χ2n) is 6.35. The molecule has 2 aromatic rings. The number of furan rings is 1. The van der Waals surface area contributed by atoms with E-state index in [1.165, 1.54) is 12.3 Å². The van der Waals surface area contributed by atoms with E-state index in [1.54, 1.807) is 29.2 Å². The van der Waals surface area contributed by atoms with E-state index in [-0.39, 0.29) is 30.1 Å². The molecular weight excluding hydrogens is 403 g/mol. The molecule has 0 radical (unpaired) electrons. The maximum atomic E-state index is 13.8. The summed E-state index contributed by atoms with van der Waals surface area (Å²) in [5.74, 6) is -0.186. The molecule has 1 aromatic carbocycles. The predicted molar refractivity (Wildman–Crippen MR) is 98.2 cm³/mol. The van der Waals surface area contributed by atoms with E-state index in [0.29, 0.717) is 48.1 Å². The van der Waals surface area contributed by atoms with Gasteiger partial charge in [-0.05, 0) is 49.1 Å². The first-order chi connectivity index (χ1) is 12.5. The Morgan fingerprint density at radius 2 is 2.04 bits per heavy atom. The zero-order valence-corrected chi connectivity index (χ0v) is 15.8. The number of piperidine rings is 1. The fraction of sp³-hybridized carbons (Fsp3) is 0.368. The second-order valence-corrected chi connectivity index (χ2v) is 7.26. The monoisotopic (exact) mass is 422 g/mol. The topological polar surface area (TPSA) is 62.6 Å². The number of nitrogens with zero attached hydrogens (tertiary/aromatic N) is 1. The van der Waals surface area contributed by atoms with Crippen molar-refractivity contribution in [2.24, 2.45) is 0 Å². The average molecular weight is 423 g/mol. The minimum absolute atomic E-state index is 0.0397. The summed E-state index contributed by atoms with van der Waals surface area (Å²) in [4.78, 5) is 26.1. The van der Waals surface area contributed by atoms with E-state index < -0.39 is 0 Å². The molecule has 0 atom stereocenters. The Balaban J connectivity index is 1.42. The Bertz CT molecular complexity index is 771. The summed E-state index contributed by atoms with van der Waals surface area (Å²) in [5.41, 5.74) is 0.530. The molecule has 1 fully saturated rings. The molecule has 1 saturated heterocycles. The molecule has 7 heteroatoms. The molecule has 2 amide bonds. The lowest BCUT2D eigenvalue weighted by Crippen LogP contribution is -2.46. The molecule has 1 aliphatic rings. The first-order valence-electron chi connectivity index (χ1n) is 8.59. The van der Waals surface area contributed by atoms with Crippen molar-refractivity contribution < 1.29 is 18.4 Å². The lowest BCUT2D eigenvalue weighted by atomic mass is 10.0. The molecule has 0 bridgehead atoms. The molecule has 26 heavy (non-hydrogen) atoms. The van der Waals surface area contributed by atoms with Crippen LogP contribution in [-0.2, 0) is 11.2 Å². The van der Waals surface area contributed by atoms with Crippen LogP contribution >= 0.6 is 15.9 Å². The van der Waals surface area contributed by atoms with E-state index in [0.717, 1.165) is 0 Å². The molecular formula is C19H20BrFN2O3. The van der Waals surface area contributed by atoms with Gasteiger partial charge >= 0.3 is 0 Å². The Morgan fingerprint density at radius 3 is 2.69 bits per heavy atom. The highest BCUT2D eigenvalue weighted by Crippen LogP contribution is 2.17. The smallest absolute Gasteiger partial charge is 0.289 e. The van der Waals surface area contributed by atoms with Crippen LogP contribution in [0, 0.1) is 5.82 Å². The van der Waals surface area contributed by atoms with Crippen molar-refractivity contribution in [1.82, 2.24) is 10.2 Å². The number of carbonyl (C=O) groups excluding carboxylic acids is 2. The van der Waals surface area contributed by atoms with Gasteiger partial charge in [-0.25, -0.2) is 4.39 Å². The van der Waals surface area contributed by atoms with Gasteiger partial charge in [0.1, 0.15) is 5.82 Å². The lowest BCUT2D eigenvalue weighted by molar-refractivity contribution is -0.122. The number of amides is 2. The zero-order chi connectivity index (χ0) is 18.5. The minimum Gasteiger partial charge on any atom is -0.459 e. The molecule has 2 heterocycles. The first-order valence-corrected chi connectivity index (χ1v) is 9.38. The molecule has 3 rings (SSSR count). The molecule has 1 aromatic heterocycles. The molecule has 138 valence electrons. The fourth-order valence-electron chi connectivity index (χ4n) is 3.06. The van der Waals surface area contributed by atoms with Gasteiger partial charge in [-0.3, -0.25) is 9.59 Å². The maximum Gasteiger partial charge on any atom is 0.289 e. The van der Waals surface area contributed by atoms with Crippen molar-refractivity contribution in [1.29, 1.82) is 0 Å². The van der Waals surface area contributed by atoms with Gasteiger partial charge < -0.3 is 14.6 Å². The van der Waals surface area contributed by atoms with Gasteiger partial charge in [0.25, 0.3) is 5.91 Å². The number of halogens is 2. The van der Waals surface area contributed by atoms with Crippen molar-refractivity contribution in [3.8, 4) is 0 Å². The second kappa shape index (κ2) is 8.49. The number of hydrogen-bond donors (Lipinski definition) is 1. The number of benzene rings is 1. The van der Waals surface area contributed by atoms with Crippen LogP contribution in [0.4, 0.5) is 4.39 Å². The number of rotatable bonds is 5. The molecule has 0 aliphatic carbocycles. The normalized spacial score (nSPS) is 15.1. The summed E-state index contributed by atoms with van der Waals surface area (Å²) >= 11 is 3.22. The summed E-state index contributed by atoms with van der Waals surface area (Å²) in [6.07, 6.45) is 3.48. The van der Waals surface area contributed by atoms with Crippen molar-refractivity contribution in [3.05, 3.63) is 58.2 Å². The standard InChI is InChI=1S/C19H20BrFN2O3/c20-14-5-3-13(16(21)12-14)4-6-18(24)22-15-7-9-23(10-8-15)19(25)17-2-1-11-26-17/h1-3,5,11-12,15H,4,6-10H2,(H,22,24). The first kappa shape index (κ1) is 18.6. The van der Waals surface area contributed by atoms with Crippen molar-refractivity contribution >= 4 is 27.7 Å². The van der Waals surface area contributed by atoms with Crippen molar-refractivity contribution in [2.75, 3.05) is 13.1 Å². The van der Waals surface area contributed by atoms with E-state index in [4.69, 9.17) is 4.42 Å². The van der Waals surface area contributed by atoms with E-state index in [1.807, 2.05) is 0 Å². The predicted octanol–water partition coefficient (Wildman–Crippen LogP) is 3.53. The highest BCUT2D eigenvalue weighted by atomic mass is 79.9. The van der Waals surface area contributed by atoms with Crippen LogP contribution in [0.25, 0.3) is 0 Å². The van der Waals surface area contributed by atoms with Crippen molar-refractivity contribution in [2.45, 2.75) is 31.7 Å². The third-order valence-electron chi connectivity index (χ3n) is 4.52. The summed E-state index contributed by atoms with van der Waals surface area (Å²) < 4.78 is 19.6. The van der Waals surface area contributed by atoms with Crippen LogP contribution in [0.1, 0.15) is 35.4 Å². The Labute approximate surface area is 159 Å². The Morgan fingerprint density at radius 1 is 1.27 bits per heavy atom. The molecule has 0 saturated carbocycles. The summed E-state index contributed by atoms with van der Waals surface area (Å²) in [5, 5.41) is 2.98. The fourth-order valence-corrected chi connectivity index (χ4v) is 3.39. The number of nitrogens with one attached hydrogen (secondary N) is 1. The van der Waals surface area contributed by atoms with E-state index in [9.17, 15) is 14.0 Å². The van der Waals surface area contributed by atoms with Crippen LogP contribution in [0.3, 0.4) is 0 Å². The number of aryl methyl sites for hydroxylation is 1. The Hall–Kier alpha value is -2.15. The largest absolute Gasteiger partial charge is 0.459 e. The summed E-state index contributed by atoms with van der Waals surface area (Å²) in [7, 11) is 0. The van der Waals surface area contributed by atoms with Crippen LogP contribution in [0.5, 0.6) is 0 Å². The highest BCUT2D eigenvalue weighted by Gasteiger charge is 2.25. The zero-order valence-electron chi connectivity index (χ0n) is 14.2. The van der Waals surface area contributed by atoms with Gasteiger partial charge in [0.15, 0.2) is 5.76 Å². The molecule has 1 aliphatic heterocycles. The van der Waals surface area contributed by atoms with Gasteiger partial charge in [-0.2, -0.15) is 0 Å². The quantitative estimate of drug-likeness (QED) is 0.801. The Kier molecular flexibility index (Phi) is 6.08. The average Bonchev–Trinajstić information content (AvgIpc) is 3.16. The maximum absolute atomic E-state index is 13.8. The summed E-state index contributed by atoms with van der Waals surface area (Å²) in [6.45, 7) is 1.15. The van der Waals surface area contributed by atoms with Crippen molar-refractivity contribution in [3.63, 3.8) is 0 Å². The minimum atomic E-state index is -0.308. The van der Waals surface area contributed by atoms with Crippen LogP contribution in [0.2, 0.25) is 0 Å². The highest BCUT2D eigenvalue weighted by molar-refractivity contribution is 9.10. The van der Waals surface area contributed by atoms with E-state index >= 15 is 0 Å². The van der Waals surface area contributed by atoms with Gasteiger partial charge in [0.2, 0.25) is 5.91 Å². The van der Waals surface area contributed by atoms with Crippen LogP contribution in [0.15, 0.2) is 45.5 Å². The third-order valence-corrected chi connectivity index (χ3v) is 5.01. The third kappa shape index (κ3) is 4.72. The molecule has 0 unspecified atom stereocenters. The summed E-state index contributed by atoms with van der Waals surface area (Å²) in [6, 6.07) is 8.23. The van der Waals surface area contributed by atoms with Gasteiger partial charge in [-0.15, -0.1) is 0 Å². The molecule has 0 spiro atoms. The van der Waals surface area contributed by atoms with Gasteiger partial charge in [0.05, 0.1) is 6.26 Å². The number of likely N-dealkylation sites (tertiary alicyclic amines) is 1. The number of hydrogen-bond acceptors (Lipinski definition) is 3. The lowest BCUT2D eigenvalue weighted by Gasteiger charge is -2.31.